The van der Waals surface area contributed by atoms with Crippen LogP contribution in [0.3, 0.4) is 0 Å². The maximum absolute atomic E-state index is 2.63. The Hall–Kier alpha value is -0.0400. The van der Waals surface area contributed by atoms with Crippen LogP contribution in [-0.2, 0) is 0 Å². The molecule has 0 bridgehead atoms. The van der Waals surface area contributed by atoms with E-state index in [4.69, 9.17) is 0 Å². The first-order valence-electron chi connectivity index (χ1n) is 7.27. The van der Waals surface area contributed by atoms with Gasteiger partial charge in [0.2, 0.25) is 0 Å². The normalized spacial score (nSPS) is 22.1. The van der Waals surface area contributed by atoms with E-state index in [1.54, 1.807) is 0 Å². The van der Waals surface area contributed by atoms with Gasteiger partial charge in [0, 0.05) is 12.6 Å². The highest BCUT2D eigenvalue weighted by Gasteiger charge is 2.36. The van der Waals surface area contributed by atoms with E-state index in [1.807, 2.05) is 13.8 Å². The SMILES string of the molecule is CC.CCC(C)(CC)C1CCN(C(C)C)C1. The maximum atomic E-state index is 2.63. The standard InChI is InChI=1S/C13H27N.C2H6/c1-6-13(5,7-2)12-8-9-14(10-12)11(3)4;1-2/h11-12H,6-10H2,1-5H3;1-2H3. The molecule has 1 aliphatic rings. The molecule has 0 amide bonds. The van der Waals surface area contributed by atoms with Crippen molar-refractivity contribution in [2.45, 2.75) is 73.8 Å². The van der Waals surface area contributed by atoms with E-state index in [-0.39, 0.29) is 0 Å². The Morgan fingerprint density at radius 2 is 1.69 bits per heavy atom. The molecule has 16 heavy (non-hydrogen) atoms. The van der Waals surface area contributed by atoms with Crippen LogP contribution in [0.5, 0.6) is 0 Å². The van der Waals surface area contributed by atoms with Crippen LogP contribution in [0.1, 0.15) is 67.7 Å². The Bertz CT molecular complexity index is 170. The van der Waals surface area contributed by atoms with Gasteiger partial charge in [-0.3, -0.25) is 0 Å². The van der Waals surface area contributed by atoms with Crippen LogP contribution in [0.4, 0.5) is 0 Å². The van der Waals surface area contributed by atoms with E-state index >= 15 is 0 Å². The number of hydrogen-bond donors (Lipinski definition) is 0. The van der Waals surface area contributed by atoms with Crippen molar-refractivity contribution in [2.75, 3.05) is 13.1 Å². The minimum Gasteiger partial charge on any atom is -0.301 e. The van der Waals surface area contributed by atoms with E-state index < -0.39 is 0 Å². The Morgan fingerprint density at radius 3 is 2.00 bits per heavy atom. The first-order chi connectivity index (χ1) is 7.53. The summed E-state index contributed by atoms with van der Waals surface area (Å²) in [5, 5.41) is 0. The lowest BCUT2D eigenvalue weighted by molar-refractivity contribution is 0.159. The van der Waals surface area contributed by atoms with Crippen LogP contribution in [0.25, 0.3) is 0 Å². The van der Waals surface area contributed by atoms with Crippen LogP contribution < -0.4 is 0 Å². The minimum absolute atomic E-state index is 0.587. The second kappa shape index (κ2) is 7.32. The molecule has 1 saturated heterocycles. The third-order valence-corrected chi connectivity index (χ3v) is 4.55. The fourth-order valence-electron chi connectivity index (χ4n) is 2.65. The van der Waals surface area contributed by atoms with E-state index in [9.17, 15) is 0 Å². The first kappa shape index (κ1) is 16.0. The van der Waals surface area contributed by atoms with Crippen molar-refractivity contribution in [3.8, 4) is 0 Å². The summed E-state index contributed by atoms with van der Waals surface area (Å²) < 4.78 is 0. The lowest BCUT2D eigenvalue weighted by atomic mass is 9.72. The van der Waals surface area contributed by atoms with E-state index in [0.29, 0.717) is 5.41 Å². The molecule has 1 fully saturated rings. The Labute approximate surface area is 104 Å². The second-order valence-corrected chi connectivity index (χ2v) is 5.44. The second-order valence-electron chi connectivity index (χ2n) is 5.44. The van der Waals surface area contributed by atoms with Crippen molar-refractivity contribution in [2.24, 2.45) is 11.3 Å². The summed E-state index contributed by atoms with van der Waals surface area (Å²) in [4.78, 5) is 2.63. The highest BCUT2D eigenvalue weighted by Crippen LogP contribution is 2.40. The summed E-state index contributed by atoms with van der Waals surface area (Å²) in [6.45, 7) is 18.5. The molecule has 1 atom stereocenters. The molecule has 0 spiro atoms. The quantitative estimate of drug-likeness (QED) is 0.680. The number of likely N-dealkylation sites (tertiary alicyclic amines) is 1. The largest absolute Gasteiger partial charge is 0.301 e. The summed E-state index contributed by atoms with van der Waals surface area (Å²) in [5.41, 5.74) is 0.587. The van der Waals surface area contributed by atoms with E-state index in [2.05, 4.69) is 39.5 Å². The van der Waals surface area contributed by atoms with Gasteiger partial charge in [0.15, 0.2) is 0 Å². The zero-order valence-corrected chi connectivity index (χ0v) is 12.6. The summed E-state index contributed by atoms with van der Waals surface area (Å²) in [6, 6.07) is 0.734. The van der Waals surface area contributed by atoms with Crippen LogP contribution in [0, 0.1) is 11.3 Å². The zero-order chi connectivity index (χ0) is 12.8. The monoisotopic (exact) mass is 227 g/mol. The van der Waals surface area contributed by atoms with Crippen LogP contribution >= 0.6 is 0 Å². The highest BCUT2D eigenvalue weighted by atomic mass is 15.2. The zero-order valence-electron chi connectivity index (χ0n) is 12.6. The smallest absolute Gasteiger partial charge is 0.00387 e. The third-order valence-electron chi connectivity index (χ3n) is 4.55. The van der Waals surface area contributed by atoms with Crippen LogP contribution in [0.2, 0.25) is 0 Å². The molecule has 0 aromatic rings. The molecule has 98 valence electrons. The molecule has 1 heteroatoms. The van der Waals surface area contributed by atoms with Gasteiger partial charge < -0.3 is 4.90 Å². The minimum atomic E-state index is 0.587. The van der Waals surface area contributed by atoms with Gasteiger partial charge in [-0.2, -0.15) is 0 Å². The molecule has 1 unspecified atom stereocenters. The van der Waals surface area contributed by atoms with Crippen LogP contribution in [0.15, 0.2) is 0 Å². The van der Waals surface area contributed by atoms with Gasteiger partial charge in [-0.05, 0) is 38.1 Å². The predicted molar refractivity (Wildman–Crippen MR) is 74.9 cm³/mol. The van der Waals surface area contributed by atoms with Crippen molar-refractivity contribution < 1.29 is 0 Å². The topological polar surface area (TPSA) is 3.24 Å². The molecule has 0 saturated carbocycles. The fourth-order valence-corrected chi connectivity index (χ4v) is 2.65. The predicted octanol–water partition coefficient (Wildman–Crippen LogP) is 4.57. The number of rotatable bonds is 4. The van der Waals surface area contributed by atoms with Crippen molar-refractivity contribution in [3.63, 3.8) is 0 Å². The van der Waals surface area contributed by atoms with Gasteiger partial charge >= 0.3 is 0 Å². The molecule has 1 nitrogen and oxygen atoms in total. The lowest BCUT2D eigenvalue weighted by Gasteiger charge is -2.34. The summed E-state index contributed by atoms with van der Waals surface area (Å²) in [7, 11) is 0. The number of hydrogen-bond acceptors (Lipinski definition) is 1. The Morgan fingerprint density at radius 1 is 1.19 bits per heavy atom. The molecular formula is C15H33N. The Kier molecular flexibility index (Phi) is 7.30. The van der Waals surface area contributed by atoms with Gasteiger partial charge in [-0.25, -0.2) is 0 Å². The number of nitrogens with zero attached hydrogens (tertiary/aromatic N) is 1. The molecule has 0 aromatic carbocycles. The summed E-state index contributed by atoms with van der Waals surface area (Å²) in [5.74, 6) is 0.930. The maximum Gasteiger partial charge on any atom is 0.00387 e. The Balaban J connectivity index is 0.00000106. The van der Waals surface area contributed by atoms with Gasteiger partial charge in [0.25, 0.3) is 0 Å². The first-order valence-corrected chi connectivity index (χ1v) is 7.27. The molecule has 1 heterocycles. The highest BCUT2D eigenvalue weighted by molar-refractivity contribution is 4.88. The van der Waals surface area contributed by atoms with Crippen LogP contribution in [-0.4, -0.2) is 24.0 Å². The van der Waals surface area contributed by atoms with Gasteiger partial charge in [0.05, 0.1) is 0 Å². The van der Waals surface area contributed by atoms with Crippen molar-refractivity contribution >= 4 is 0 Å². The van der Waals surface area contributed by atoms with Crippen molar-refractivity contribution in [1.29, 1.82) is 0 Å². The van der Waals surface area contributed by atoms with E-state index in [0.717, 1.165) is 12.0 Å². The van der Waals surface area contributed by atoms with Crippen molar-refractivity contribution in [1.82, 2.24) is 4.90 Å². The summed E-state index contributed by atoms with van der Waals surface area (Å²) >= 11 is 0. The average molecular weight is 227 g/mol. The van der Waals surface area contributed by atoms with E-state index in [1.165, 1.54) is 32.4 Å². The lowest BCUT2D eigenvalue weighted by Crippen LogP contribution is -2.32. The molecule has 1 aliphatic heterocycles. The average Bonchev–Trinajstić information content (AvgIpc) is 2.80. The third kappa shape index (κ3) is 3.76. The van der Waals surface area contributed by atoms with Crippen molar-refractivity contribution in [3.05, 3.63) is 0 Å². The fraction of sp³-hybridized carbons (Fsp3) is 1.00. The molecular weight excluding hydrogens is 194 g/mol. The van der Waals surface area contributed by atoms with Gasteiger partial charge in [-0.1, -0.05) is 47.5 Å². The van der Waals surface area contributed by atoms with Gasteiger partial charge in [0.1, 0.15) is 0 Å². The molecule has 0 radical (unpaired) electrons. The molecule has 0 aromatic heterocycles. The molecule has 1 rings (SSSR count). The summed E-state index contributed by atoms with van der Waals surface area (Å²) in [6.07, 6.45) is 4.08. The molecule has 0 N–H and O–H groups in total. The molecule has 0 aliphatic carbocycles. The van der Waals surface area contributed by atoms with Gasteiger partial charge in [-0.15, -0.1) is 0 Å².